The summed E-state index contributed by atoms with van der Waals surface area (Å²) >= 11 is 0. The Hall–Kier alpha value is -3.43. The molecule has 2 aromatic rings. The van der Waals surface area contributed by atoms with Gasteiger partial charge in [0, 0.05) is 30.4 Å². The molecule has 1 atom stereocenters. The third-order valence-electron chi connectivity index (χ3n) is 4.59. The van der Waals surface area contributed by atoms with Gasteiger partial charge in [0.25, 0.3) is 0 Å². The second kappa shape index (κ2) is 8.52. The lowest BCUT2D eigenvalue weighted by Gasteiger charge is -2.19. The van der Waals surface area contributed by atoms with Gasteiger partial charge in [-0.2, -0.15) is 13.2 Å². The molecule has 1 saturated heterocycles. The average Bonchev–Trinajstić information content (AvgIpc) is 3.06. The number of amides is 3. The van der Waals surface area contributed by atoms with Gasteiger partial charge in [-0.25, -0.2) is 4.79 Å². The number of nitrogens with zero attached hydrogens (tertiary/aromatic N) is 1. The van der Waals surface area contributed by atoms with Crippen LogP contribution in [0, 0.1) is 0 Å². The molecule has 160 valence electrons. The van der Waals surface area contributed by atoms with E-state index in [1.165, 1.54) is 31.3 Å². The molecule has 1 aliphatic rings. The minimum Gasteiger partial charge on any atom is -0.493 e. The van der Waals surface area contributed by atoms with Crippen LogP contribution in [0.2, 0.25) is 0 Å². The van der Waals surface area contributed by atoms with Crippen LogP contribution in [0.25, 0.3) is 0 Å². The second-order valence-electron chi connectivity index (χ2n) is 6.62. The predicted octanol–water partition coefficient (Wildman–Crippen LogP) is 3.65. The molecule has 2 N–H and O–H groups in total. The summed E-state index contributed by atoms with van der Waals surface area (Å²) in [6.07, 6.45) is -4.45. The van der Waals surface area contributed by atoms with Gasteiger partial charge in [-0.05, 0) is 30.3 Å². The molecule has 0 bridgehead atoms. The largest absolute Gasteiger partial charge is 0.493 e. The smallest absolute Gasteiger partial charge is 0.416 e. The summed E-state index contributed by atoms with van der Waals surface area (Å²) < 4.78 is 48.8. The quantitative estimate of drug-likeness (QED) is 0.770. The van der Waals surface area contributed by atoms with Crippen LogP contribution >= 0.6 is 0 Å². The number of hydrogen-bond acceptors (Lipinski definition) is 4. The van der Waals surface area contributed by atoms with E-state index in [2.05, 4.69) is 10.6 Å². The minimum atomic E-state index is -4.51. The molecular formula is C20H20F3N3O4. The number of halogens is 3. The molecule has 1 unspecified atom stereocenters. The molecule has 0 aromatic heterocycles. The Bertz CT molecular complexity index is 949. The minimum absolute atomic E-state index is 0.00314. The summed E-state index contributed by atoms with van der Waals surface area (Å²) in [5.74, 6) is 0.774. The average molecular weight is 423 g/mol. The number of nitrogens with one attached hydrogen (secondary N) is 2. The van der Waals surface area contributed by atoms with Gasteiger partial charge in [-0.15, -0.1) is 0 Å². The summed E-state index contributed by atoms with van der Waals surface area (Å²) in [6.45, 7) is 0.213. The molecule has 0 spiro atoms. The van der Waals surface area contributed by atoms with Crippen molar-refractivity contribution < 1.29 is 32.2 Å². The molecule has 1 fully saturated rings. The van der Waals surface area contributed by atoms with E-state index in [-0.39, 0.29) is 24.6 Å². The van der Waals surface area contributed by atoms with Crippen LogP contribution in [-0.2, 0) is 11.0 Å². The Morgan fingerprint density at radius 1 is 1.10 bits per heavy atom. The van der Waals surface area contributed by atoms with Crippen LogP contribution in [0.15, 0.2) is 42.5 Å². The fraction of sp³-hybridized carbons (Fsp3) is 0.300. The number of methoxy groups -OCH3 is 2. The van der Waals surface area contributed by atoms with E-state index in [1.54, 1.807) is 18.2 Å². The van der Waals surface area contributed by atoms with Crippen molar-refractivity contribution in [3.63, 3.8) is 0 Å². The Labute approximate surface area is 170 Å². The molecule has 7 nitrogen and oxygen atoms in total. The van der Waals surface area contributed by atoms with Crippen molar-refractivity contribution in [3.8, 4) is 11.5 Å². The molecule has 3 rings (SSSR count). The van der Waals surface area contributed by atoms with Crippen LogP contribution in [0.5, 0.6) is 11.5 Å². The van der Waals surface area contributed by atoms with Crippen molar-refractivity contribution >= 4 is 23.3 Å². The lowest BCUT2D eigenvalue weighted by Crippen LogP contribution is -2.39. The number of carbonyl (C=O) groups is 2. The van der Waals surface area contributed by atoms with E-state index in [0.717, 1.165) is 12.1 Å². The molecule has 10 heteroatoms. The van der Waals surface area contributed by atoms with Gasteiger partial charge < -0.3 is 25.0 Å². The lowest BCUT2D eigenvalue weighted by molar-refractivity contribution is -0.137. The number of ether oxygens (including phenoxy) is 2. The Morgan fingerprint density at radius 2 is 1.83 bits per heavy atom. The van der Waals surface area contributed by atoms with Crippen molar-refractivity contribution in [1.29, 1.82) is 0 Å². The third kappa shape index (κ3) is 4.76. The van der Waals surface area contributed by atoms with Crippen LogP contribution < -0.4 is 25.0 Å². The van der Waals surface area contributed by atoms with E-state index in [0.29, 0.717) is 17.2 Å². The Kier molecular flexibility index (Phi) is 6.04. The maximum Gasteiger partial charge on any atom is 0.416 e. The number of rotatable bonds is 5. The second-order valence-corrected chi connectivity index (χ2v) is 6.62. The van der Waals surface area contributed by atoms with Crippen molar-refractivity contribution in [2.45, 2.75) is 18.6 Å². The van der Waals surface area contributed by atoms with Gasteiger partial charge >= 0.3 is 12.2 Å². The maximum absolute atomic E-state index is 12.8. The number of benzene rings is 2. The molecule has 0 saturated carbocycles. The van der Waals surface area contributed by atoms with E-state index in [9.17, 15) is 22.8 Å². The van der Waals surface area contributed by atoms with Crippen molar-refractivity contribution in [3.05, 3.63) is 48.0 Å². The normalized spacial score (nSPS) is 16.4. The molecule has 1 heterocycles. The van der Waals surface area contributed by atoms with E-state index < -0.39 is 23.8 Å². The zero-order chi connectivity index (χ0) is 21.9. The standard InChI is InChI=1S/C20H20F3N3O4/c1-29-16-7-6-15(10-17(16)30-2)26-11-14(9-18(26)27)25-19(28)24-13-5-3-4-12(8-13)20(21,22)23/h3-8,10,14H,9,11H2,1-2H3,(H2,24,25,28). The first-order valence-electron chi connectivity index (χ1n) is 8.98. The first-order valence-corrected chi connectivity index (χ1v) is 8.98. The summed E-state index contributed by atoms with van der Waals surface area (Å²) in [5, 5.41) is 4.98. The Morgan fingerprint density at radius 3 is 2.50 bits per heavy atom. The number of carbonyl (C=O) groups excluding carboxylic acids is 2. The van der Waals surface area contributed by atoms with Gasteiger partial charge in [-0.3, -0.25) is 4.79 Å². The van der Waals surface area contributed by atoms with Crippen molar-refractivity contribution in [2.75, 3.05) is 31.0 Å². The van der Waals surface area contributed by atoms with E-state index in [1.807, 2.05) is 0 Å². The molecule has 3 amide bonds. The number of urea groups is 1. The highest BCUT2D eigenvalue weighted by molar-refractivity contribution is 5.98. The molecule has 2 aromatic carbocycles. The van der Waals surface area contributed by atoms with Gasteiger partial charge in [0.15, 0.2) is 11.5 Å². The van der Waals surface area contributed by atoms with E-state index >= 15 is 0 Å². The first kappa shape index (κ1) is 21.3. The number of alkyl halides is 3. The maximum atomic E-state index is 12.8. The van der Waals surface area contributed by atoms with Crippen LogP contribution in [-0.4, -0.2) is 38.7 Å². The zero-order valence-corrected chi connectivity index (χ0v) is 16.2. The van der Waals surface area contributed by atoms with Gasteiger partial charge in [0.05, 0.1) is 25.8 Å². The SMILES string of the molecule is COc1ccc(N2CC(NC(=O)Nc3cccc(C(F)(F)F)c3)CC2=O)cc1OC. The highest BCUT2D eigenvalue weighted by Gasteiger charge is 2.33. The summed E-state index contributed by atoms with van der Waals surface area (Å²) in [4.78, 5) is 26.1. The molecule has 0 radical (unpaired) electrons. The van der Waals surface area contributed by atoms with E-state index in [4.69, 9.17) is 9.47 Å². The van der Waals surface area contributed by atoms with Crippen LogP contribution in [0.4, 0.5) is 29.3 Å². The van der Waals surface area contributed by atoms with Gasteiger partial charge in [0.1, 0.15) is 0 Å². The first-order chi connectivity index (χ1) is 14.2. The van der Waals surface area contributed by atoms with Crippen molar-refractivity contribution in [2.24, 2.45) is 0 Å². The van der Waals surface area contributed by atoms with Crippen molar-refractivity contribution in [1.82, 2.24) is 5.32 Å². The lowest BCUT2D eigenvalue weighted by atomic mass is 10.2. The number of anilines is 2. The Balaban J connectivity index is 1.64. The fourth-order valence-electron chi connectivity index (χ4n) is 3.17. The topological polar surface area (TPSA) is 79.9 Å². The highest BCUT2D eigenvalue weighted by atomic mass is 19.4. The monoisotopic (exact) mass is 423 g/mol. The summed E-state index contributed by atoms with van der Waals surface area (Å²) in [6, 6.07) is 8.14. The molecule has 30 heavy (non-hydrogen) atoms. The molecular weight excluding hydrogens is 403 g/mol. The van der Waals surface area contributed by atoms with Crippen LogP contribution in [0.1, 0.15) is 12.0 Å². The predicted molar refractivity (Wildman–Crippen MR) is 104 cm³/mol. The summed E-state index contributed by atoms with van der Waals surface area (Å²) in [5.41, 5.74) is -0.278. The number of hydrogen-bond donors (Lipinski definition) is 2. The van der Waals surface area contributed by atoms with Crippen LogP contribution in [0.3, 0.4) is 0 Å². The fourth-order valence-corrected chi connectivity index (χ4v) is 3.17. The molecule has 1 aliphatic heterocycles. The highest BCUT2D eigenvalue weighted by Crippen LogP contribution is 2.33. The zero-order valence-electron chi connectivity index (χ0n) is 16.2. The molecule has 0 aliphatic carbocycles. The summed E-state index contributed by atoms with van der Waals surface area (Å²) in [7, 11) is 2.98. The third-order valence-corrected chi connectivity index (χ3v) is 4.59. The van der Waals surface area contributed by atoms with Gasteiger partial charge in [-0.1, -0.05) is 6.07 Å². The van der Waals surface area contributed by atoms with Gasteiger partial charge in [0.2, 0.25) is 5.91 Å².